The van der Waals surface area contributed by atoms with E-state index >= 15 is 0 Å². The van der Waals surface area contributed by atoms with Gasteiger partial charge in [0.2, 0.25) is 0 Å². The average Bonchev–Trinajstić information content (AvgIpc) is 3.03. The van der Waals surface area contributed by atoms with Gasteiger partial charge in [0.15, 0.2) is 0 Å². The predicted molar refractivity (Wildman–Crippen MR) is 96.4 cm³/mol. The van der Waals surface area contributed by atoms with Gasteiger partial charge >= 0.3 is 0 Å². The molecule has 0 unspecified atom stereocenters. The Morgan fingerprint density at radius 2 is 2.00 bits per heavy atom. The molecule has 1 aliphatic carbocycles. The van der Waals surface area contributed by atoms with Crippen molar-refractivity contribution in [3.05, 3.63) is 17.5 Å². The summed E-state index contributed by atoms with van der Waals surface area (Å²) in [6.07, 6.45) is 6.06. The summed E-state index contributed by atoms with van der Waals surface area (Å²) in [6.45, 7) is 12.0. The van der Waals surface area contributed by atoms with E-state index in [-0.39, 0.29) is 17.5 Å². The highest BCUT2D eigenvalue weighted by Crippen LogP contribution is 2.41. The molecule has 2 aliphatic rings. The van der Waals surface area contributed by atoms with Crippen molar-refractivity contribution in [2.24, 2.45) is 0 Å². The van der Waals surface area contributed by atoms with E-state index in [1.165, 1.54) is 44.5 Å². The molecule has 1 aromatic heterocycles. The van der Waals surface area contributed by atoms with E-state index in [2.05, 4.69) is 47.7 Å². The second-order valence-corrected chi connectivity index (χ2v) is 8.52. The zero-order valence-corrected chi connectivity index (χ0v) is 15.6. The van der Waals surface area contributed by atoms with Crippen LogP contribution in [0.2, 0.25) is 0 Å². The molecular weight excluding hydrogens is 300 g/mol. The van der Waals surface area contributed by atoms with Crippen molar-refractivity contribution in [1.29, 1.82) is 0 Å². The van der Waals surface area contributed by atoms with Gasteiger partial charge in [0.05, 0.1) is 5.54 Å². The Morgan fingerprint density at radius 3 is 2.58 bits per heavy atom. The summed E-state index contributed by atoms with van der Waals surface area (Å²) >= 11 is 0. The third kappa shape index (κ3) is 4.18. The van der Waals surface area contributed by atoms with E-state index in [9.17, 15) is 4.79 Å². The first kappa shape index (κ1) is 17.5. The maximum atomic E-state index is 12.6. The summed E-state index contributed by atoms with van der Waals surface area (Å²) in [6, 6.07) is 2.19. The maximum Gasteiger partial charge on any atom is 0.271 e. The molecule has 3 rings (SSSR count). The number of carbonyl (C=O) groups is 1. The Morgan fingerprint density at radius 1 is 1.33 bits per heavy atom. The van der Waals surface area contributed by atoms with Crippen LogP contribution >= 0.6 is 0 Å². The number of aromatic nitrogens is 2. The number of likely N-dealkylation sites (tertiary alicyclic amines) is 1. The summed E-state index contributed by atoms with van der Waals surface area (Å²) in [4.78, 5) is 15.1. The van der Waals surface area contributed by atoms with Crippen molar-refractivity contribution in [2.75, 3.05) is 19.6 Å². The molecule has 1 aromatic rings. The lowest BCUT2D eigenvalue weighted by atomic mass is 10.1. The molecule has 0 aromatic carbocycles. The highest BCUT2D eigenvalue weighted by Gasteiger charge is 2.32. The molecule has 5 heteroatoms. The summed E-state index contributed by atoms with van der Waals surface area (Å²) in [5, 5.41) is 7.76. The van der Waals surface area contributed by atoms with Crippen LogP contribution in [0.5, 0.6) is 0 Å². The molecule has 1 saturated heterocycles. The fraction of sp³-hybridized carbons (Fsp3) is 0.789. The minimum absolute atomic E-state index is 0.0335. The van der Waals surface area contributed by atoms with Gasteiger partial charge in [0, 0.05) is 24.2 Å². The van der Waals surface area contributed by atoms with Gasteiger partial charge in [0.1, 0.15) is 5.69 Å². The lowest BCUT2D eigenvalue weighted by Crippen LogP contribution is -2.36. The fourth-order valence-electron chi connectivity index (χ4n) is 3.47. The van der Waals surface area contributed by atoms with Gasteiger partial charge in [-0.1, -0.05) is 0 Å². The van der Waals surface area contributed by atoms with E-state index in [0.29, 0.717) is 11.6 Å². The van der Waals surface area contributed by atoms with E-state index in [4.69, 9.17) is 0 Å². The van der Waals surface area contributed by atoms with Crippen LogP contribution in [0.15, 0.2) is 6.07 Å². The van der Waals surface area contributed by atoms with Crippen molar-refractivity contribution in [2.45, 2.75) is 77.3 Å². The molecule has 1 saturated carbocycles. The van der Waals surface area contributed by atoms with E-state index < -0.39 is 0 Å². The molecule has 1 aliphatic heterocycles. The monoisotopic (exact) mass is 332 g/mol. The number of nitrogens with zero attached hydrogens (tertiary/aromatic N) is 3. The minimum atomic E-state index is -0.0855. The second kappa shape index (κ2) is 6.87. The van der Waals surface area contributed by atoms with Crippen molar-refractivity contribution in [3.8, 4) is 0 Å². The first-order valence-electron chi connectivity index (χ1n) is 9.48. The van der Waals surface area contributed by atoms with Gasteiger partial charge in [-0.15, -0.1) is 0 Å². The third-order valence-corrected chi connectivity index (χ3v) is 5.06. The molecule has 5 nitrogen and oxygen atoms in total. The standard InChI is InChI=1S/C19H32N4O/c1-14(9-12-22-10-5-6-11-22)20-18(24)16-13-17(15-7-8-15)23(21-16)19(2,3)4/h13-15H,5-12H2,1-4H3,(H,20,24)/t14-/m0/s1. The Hall–Kier alpha value is -1.36. The molecule has 1 atom stereocenters. The molecule has 1 N–H and O–H groups in total. The zero-order chi connectivity index (χ0) is 17.3. The van der Waals surface area contributed by atoms with E-state index in [0.717, 1.165) is 13.0 Å². The van der Waals surface area contributed by atoms with Crippen LogP contribution in [0.1, 0.15) is 81.9 Å². The quantitative estimate of drug-likeness (QED) is 0.871. The molecule has 24 heavy (non-hydrogen) atoms. The Kier molecular flexibility index (Phi) is 5.00. The maximum absolute atomic E-state index is 12.6. The van der Waals surface area contributed by atoms with Crippen LogP contribution in [0.3, 0.4) is 0 Å². The van der Waals surface area contributed by atoms with Crippen LogP contribution in [0, 0.1) is 0 Å². The van der Waals surface area contributed by atoms with Gasteiger partial charge in [-0.2, -0.15) is 5.10 Å². The van der Waals surface area contributed by atoms with Crippen molar-refractivity contribution in [3.63, 3.8) is 0 Å². The number of nitrogens with one attached hydrogen (secondary N) is 1. The topological polar surface area (TPSA) is 50.2 Å². The van der Waals surface area contributed by atoms with Crippen molar-refractivity contribution < 1.29 is 4.79 Å². The summed E-state index contributed by atoms with van der Waals surface area (Å²) in [5.41, 5.74) is 1.70. The van der Waals surface area contributed by atoms with Crippen LogP contribution in [0.25, 0.3) is 0 Å². The lowest BCUT2D eigenvalue weighted by molar-refractivity contribution is 0.0929. The molecule has 0 spiro atoms. The number of hydrogen-bond donors (Lipinski definition) is 1. The van der Waals surface area contributed by atoms with Crippen molar-refractivity contribution in [1.82, 2.24) is 20.0 Å². The fourth-order valence-corrected chi connectivity index (χ4v) is 3.47. The summed E-state index contributed by atoms with van der Waals surface area (Å²) in [7, 11) is 0. The Bertz CT molecular complexity index is 577. The van der Waals surface area contributed by atoms with Crippen LogP contribution in [0.4, 0.5) is 0 Å². The average molecular weight is 332 g/mol. The Labute approximate surface area is 145 Å². The van der Waals surface area contributed by atoms with Crippen LogP contribution < -0.4 is 5.32 Å². The van der Waals surface area contributed by atoms with E-state index in [1.54, 1.807) is 0 Å². The lowest BCUT2D eigenvalue weighted by Gasteiger charge is -2.22. The SMILES string of the molecule is C[C@@H](CCN1CCCC1)NC(=O)c1cc(C2CC2)n(C(C)(C)C)n1. The molecule has 2 fully saturated rings. The molecule has 0 bridgehead atoms. The van der Waals surface area contributed by atoms with Gasteiger partial charge in [-0.25, -0.2) is 0 Å². The largest absolute Gasteiger partial charge is 0.348 e. The third-order valence-electron chi connectivity index (χ3n) is 5.06. The first-order valence-corrected chi connectivity index (χ1v) is 9.48. The summed E-state index contributed by atoms with van der Waals surface area (Å²) in [5.74, 6) is 0.555. The number of rotatable bonds is 6. The van der Waals surface area contributed by atoms with Crippen LogP contribution in [-0.2, 0) is 5.54 Å². The number of hydrogen-bond acceptors (Lipinski definition) is 3. The zero-order valence-electron chi connectivity index (χ0n) is 15.6. The molecule has 0 radical (unpaired) electrons. The van der Waals surface area contributed by atoms with Gasteiger partial charge < -0.3 is 10.2 Å². The first-order chi connectivity index (χ1) is 11.3. The van der Waals surface area contributed by atoms with Gasteiger partial charge in [-0.05, 0) is 79.0 Å². The highest BCUT2D eigenvalue weighted by molar-refractivity contribution is 5.92. The van der Waals surface area contributed by atoms with Crippen molar-refractivity contribution >= 4 is 5.91 Å². The highest BCUT2D eigenvalue weighted by atomic mass is 16.2. The predicted octanol–water partition coefficient (Wildman–Crippen LogP) is 3.12. The summed E-state index contributed by atoms with van der Waals surface area (Å²) < 4.78 is 2.05. The van der Waals surface area contributed by atoms with E-state index in [1.807, 2.05) is 6.07 Å². The molecular formula is C19H32N4O. The molecule has 134 valence electrons. The smallest absolute Gasteiger partial charge is 0.271 e. The Balaban J connectivity index is 1.60. The number of amides is 1. The van der Waals surface area contributed by atoms with Gasteiger partial charge in [-0.3, -0.25) is 9.48 Å². The second-order valence-electron chi connectivity index (χ2n) is 8.52. The molecule has 2 heterocycles. The minimum Gasteiger partial charge on any atom is -0.348 e. The molecule has 1 amide bonds. The van der Waals surface area contributed by atoms with Gasteiger partial charge in [0.25, 0.3) is 5.91 Å². The number of carbonyl (C=O) groups excluding carboxylic acids is 1. The normalized spacial score (nSPS) is 20.3. The van der Waals surface area contributed by atoms with Crippen LogP contribution in [-0.4, -0.2) is 46.3 Å².